The van der Waals surface area contributed by atoms with Crippen molar-refractivity contribution in [2.45, 2.75) is 20.3 Å². The third-order valence-corrected chi connectivity index (χ3v) is 3.31. The minimum absolute atomic E-state index is 0.173. The van der Waals surface area contributed by atoms with Crippen LogP contribution in [0, 0.1) is 11.3 Å². The van der Waals surface area contributed by atoms with Gasteiger partial charge >= 0.3 is 0 Å². The van der Waals surface area contributed by atoms with E-state index in [-0.39, 0.29) is 11.8 Å². The standard InChI is InChI=1S/C18H17N3O2/c1-3-14-7-8-16(20-12(2)22)10-17(14)21-18(23)15-6-4-5-13(9-15)11-19/h4-10H,3H2,1-2H3,(H,20,22)(H,21,23). The molecule has 0 aliphatic heterocycles. The van der Waals surface area contributed by atoms with E-state index in [1.54, 1.807) is 36.4 Å². The molecular weight excluding hydrogens is 290 g/mol. The first-order valence-corrected chi connectivity index (χ1v) is 7.25. The molecule has 0 fully saturated rings. The van der Waals surface area contributed by atoms with Crippen LogP contribution in [0.1, 0.15) is 35.3 Å². The number of carbonyl (C=O) groups excluding carboxylic acids is 2. The highest BCUT2D eigenvalue weighted by atomic mass is 16.2. The Morgan fingerprint density at radius 1 is 1.13 bits per heavy atom. The van der Waals surface area contributed by atoms with Gasteiger partial charge in [-0.25, -0.2) is 0 Å². The van der Waals surface area contributed by atoms with Crippen LogP contribution >= 0.6 is 0 Å². The molecule has 0 unspecified atom stereocenters. The van der Waals surface area contributed by atoms with Gasteiger partial charge < -0.3 is 10.6 Å². The summed E-state index contributed by atoms with van der Waals surface area (Å²) < 4.78 is 0. The van der Waals surface area contributed by atoms with E-state index >= 15 is 0 Å². The van der Waals surface area contributed by atoms with Crippen LogP contribution in [0.4, 0.5) is 11.4 Å². The van der Waals surface area contributed by atoms with Crippen molar-refractivity contribution < 1.29 is 9.59 Å². The summed E-state index contributed by atoms with van der Waals surface area (Å²) in [6, 6.07) is 13.9. The van der Waals surface area contributed by atoms with Gasteiger partial charge in [0.05, 0.1) is 11.6 Å². The van der Waals surface area contributed by atoms with E-state index < -0.39 is 0 Å². The molecular formula is C18H17N3O2. The number of rotatable bonds is 4. The molecule has 2 amide bonds. The molecule has 0 aliphatic carbocycles. The first kappa shape index (κ1) is 16.2. The van der Waals surface area contributed by atoms with Crippen LogP contribution < -0.4 is 10.6 Å². The van der Waals surface area contributed by atoms with Gasteiger partial charge in [0.25, 0.3) is 5.91 Å². The molecule has 0 saturated heterocycles. The summed E-state index contributed by atoms with van der Waals surface area (Å²) in [7, 11) is 0. The zero-order valence-corrected chi connectivity index (χ0v) is 13.0. The third-order valence-electron chi connectivity index (χ3n) is 3.31. The van der Waals surface area contributed by atoms with Gasteiger partial charge in [-0.3, -0.25) is 9.59 Å². The highest BCUT2D eigenvalue weighted by molar-refractivity contribution is 6.05. The summed E-state index contributed by atoms with van der Waals surface area (Å²) in [6.45, 7) is 3.42. The monoisotopic (exact) mass is 307 g/mol. The molecule has 0 aliphatic rings. The maximum Gasteiger partial charge on any atom is 0.255 e. The second-order valence-electron chi connectivity index (χ2n) is 5.05. The highest BCUT2D eigenvalue weighted by Crippen LogP contribution is 2.22. The lowest BCUT2D eigenvalue weighted by atomic mass is 10.1. The van der Waals surface area contributed by atoms with E-state index in [1.807, 2.05) is 19.1 Å². The van der Waals surface area contributed by atoms with Crippen molar-refractivity contribution in [3.63, 3.8) is 0 Å². The van der Waals surface area contributed by atoms with Crippen LogP contribution in [-0.2, 0) is 11.2 Å². The highest BCUT2D eigenvalue weighted by Gasteiger charge is 2.10. The molecule has 2 aromatic rings. The molecule has 5 nitrogen and oxygen atoms in total. The summed E-state index contributed by atoms with van der Waals surface area (Å²) in [5, 5.41) is 14.5. The molecule has 0 radical (unpaired) electrons. The topological polar surface area (TPSA) is 82.0 Å². The molecule has 5 heteroatoms. The third kappa shape index (κ3) is 4.17. The fourth-order valence-electron chi connectivity index (χ4n) is 2.21. The maximum atomic E-state index is 12.4. The molecule has 0 aromatic heterocycles. The minimum Gasteiger partial charge on any atom is -0.326 e. The van der Waals surface area contributed by atoms with Crippen molar-refractivity contribution >= 4 is 23.2 Å². The number of benzene rings is 2. The SMILES string of the molecule is CCc1ccc(NC(C)=O)cc1NC(=O)c1cccc(C#N)c1. The van der Waals surface area contributed by atoms with Crippen LogP contribution in [0.2, 0.25) is 0 Å². The quantitative estimate of drug-likeness (QED) is 0.909. The van der Waals surface area contributed by atoms with Crippen molar-refractivity contribution in [1.82, 2.24) is 0 Å². The number of aryl methyl sites for hydroxylation is 1. The smallest absolute Gasteiger partial charge is 0.255 e. The van der Waals surface area contributed by atoms with Crippen LogP contribution in [0.3, 0.4) is 0 Å². The van der Waals surface area contributed by atoms with Crippen molar-refractivity contribution in [2.24, 2.45) is 0 Å². The fourth-order valence-corrected chi connectivity index (χ4v) is 2.21. The van der Waals surface area contributed by atoms with Gasteiger partial charge in [0, 0.05) is 23.9 Å². The van der Waals surface area contributed by atoms with Crippen molar-refractivity contribution in [3.8, 4) is 6.07 Å². The van der Waals surface area contributed by atoms with E-state index in [0.717, 1.165) is 12.0 Å². The zero-order chi connectivity index (χ0) is 16.8. The number of nitrogens with one attached hydrogen (secondary N) is 2. The normalized spacial score (nSPS) is 9.78. The molecule has 0 spiro atoms. The molecule has 0 saturated carbocycles. The number of hydrogen-bond acceptors (Lipinski definition) is 3. The molecule has 0 bridgehead atoms. The maximum absolute atomic E-state index is 12.4. The number of amides is 2. The lowest BCUT2D eigenvalue weighted by molar-refractivity contribution is -0.114. The molecule has 2 aromatic carbocycles. The minimum atomic E-state index is -0.295. The lowest BCUT2D eigenvalue weighted by Crippen LogP contribution is -2.14. The molecule has 2 rings (SSSR count). The van der Waals surface area contributed by atoms with Gasteiger partial charge in [-0.05, 0) is 42.3 Å². The van der Waals surface area contributed by atoms with Crippen LogP contribution in [0.15, 0.2) is 42.5 Å². The van der Waals surface area contributed by atoms with E-state index in [2.05, 4.69) is 10.6 Å². The number of anilines is 2. The fraction of sp³-hybridized carbons (Fsp3) is 0.167. The molecule has 0 heterocycles. The Hall–Kier alpha value is -3.13. The Bertz CT molecular complexity index is 791. The molecule has 23 heavy (non-hydrogen) atoms. The average Bonchev–Trinajstić information content (AvgIpc) is 2.54. The summed E-state index contributed by atoms with van der Waals surface area (Å²) in [5.41, 5.74) is 3.07. The van der Waals surface area contributed by atoms with Gasteiger partial charge in [0.2, 0.25) is 5.91 Å². The molecule has 2 N–H and O–H groups in total. The Morgan fingerprint density at radius 3 is 2.57 bits per heavy atom. The Kier molecular flexibility index (Phi) is 5.11. The number of nitrogens with zero attached hydrogens (tertiary/aromatic N) is 1. The van der Waals surface area contributed by atoms with Crippen molar-refractivity contribution in [3.05, 3.63) is 59.2 Å². The van der Waals surface area contributed by atoms with Crippen LogP contribution in [0.25, 0.3) is 0 Å². The van der Waals surface area contributed by atoms with Gasteiger partial charge in [-0.15, -0.1) is 0 Å². The van der Waals surface area contributed by atoms with Gasteiger partial charge in [0.1, 0.15) is 0 Å². The Morgan fingerprint density at radius 2 is 1.91 bits per heavy atom. The predicted octanol–water partition coefficient (Wildman–Crippen LogP) is 3.33. The first-order chi connectivity index (χ1) is 11.0. The summed E-state index contributed by atoms with van der Waals surface area (Å²) >= 11 is 0. The molecule has 0 atom stereocenters. The van der Waals surface area contributed by atoms with E-state index in [4.69, 9.17) is 5.26 Å². The van der Waals surface area contributed by atoms with Crippen molar-refractivity contribution in [2.75, 3.05) is 10.6 Å². The van der Waals surface area contributed by atoms with Gasteiger partial charge in [-0.1, -0.05) is 19.1 Å². The van der Waals surface area contributed by atoms with E-state index in [0.29, 0.717) is 22.5 Å². The molecule has 116 valence electrons. The largest absolute Gasteiger partial charge is 0.326 e. The number of carbonyl (C=O) groups is 2. The predicted molar refractivity (Wildman–Crippen MR) is 89.2 cm³/mol. The number of hydrogen-bond donors (Lipinski definition) is 2. The Balaban J connectivity index is 2.28. The summed E-state index contributed by atoms with van der Waals surface area (Å²) in [5.74, 6) is -0.468. The lowest BCUT2D eigenvalue weighted by Gasteiger charge is -2.12. The van der Waals surface area contributed by atoms with E-state index in [1.165, 1.54) is 6.92 Å². The van der Waals surface area contributed by atoms with E-state index in [9.17, 15) is 9.59 Å². The Labute approximate surface area is 134 Å². The van der Waals surface area contributed by atoms with Crippen molar-refractivity contribution in [1.29, 1.82) is 5.26 Å². The first-order valence-electron chi connectivity index (χ1n) is 7.25. The zero-order valence-electron chi connectivity index (χ0n) is 13.0. The summed E-state index contributed by atoms with van der Waals surface area (Å²) in [4.78, 5) is 23.5. The number of nitriles is 1. The van der Waals surface area contributed by atoms with Crippen LogP contribution in [-0.4, -0.2) is 11.8 Å². The second-order valence-corrected chi connectivity index (χ2v) is 5.05. The summed E-state index contributed by atoms with van der Waals surface area (Å²) in [6.07, 6.45) is 0.744. The average molecular weight is 307 g/mol. The van der Waals surface area contributed by atoms with Gasteiger partial charge in [-0.2, -0.15) is 5.26 Å². The second kappa shape index (κ2) is 7.23. The van der Waals surface area contributed by atoms with Gasteiger partial charge in [0.15, 0.2) is 0 Å². The van der Waals surface area contributed by atoms with Crippen LogP contribution in [0.5, 0.6) is 0 Å².